The lowest BCUT2D eigenvalue weighted by Crippen LogP contribution is -2.29. The SMILES string of the molecule is C=CC(=O)Nc1cc(Nc2cc(-c3cc4cnn(C)c4cc3F)ncn2)c(OC)cc1N(C)CCN(C)C. The predicted octanol–water partition coefficient (Wildman–Crippen LogP) is 4.04. The first-order valence-electron chi connectivity index (χ1n) is 11.9. The Kier molecular flexibility index (Phi) is 7.87. The minimum Gasteiger partial charge on any atom is -0.494 e. The zero-order valence-electron chi connectivity index (χ0n) is 22.1. The van der Waals surface area contributed by atoms with Crippen molar-refractivity contribution >= 4 is 39.7 Å². The molecule has 11 heteroatoms. The summed E-state index contributed by atoms with van der Waals surface area (Å²) in [5.41, 5.74) is 3.34. The maximum Gasteiger partial charge on any atom is 0.247 e. The highest BCUT2D eigenvalue weighted by atomic mass is 19.1. The molecular weight excluding hydrogens is 487 g/mol. The smallest absolute Gasteiger partial charge is 0.247 e. The molecule has 198 valence electrons. The summed E-state index contributed by atoms with van der Waals surface area (Å²) in [6.45, 7) is 5.10. The van der Waals surface area contributed by atoms with E-state index in [-0.39, 0.29) is 5.91 Å². The van der Waals surface area contributed by atoms with E-state index in [1.54, 1.807) is 43.2 Å². The summed E-state index contributed by atoms with van der Waals surface area (Å²) in [4.78, 5) is 24.9. The minimum atomic E-state index is -0.414. The molecule has 4 aromatic rings. The van der Waals surface area contributed by atoms with E-state index in [0.29, 0.717) is 39.7 Å². The van der Waals surface area contributed by atoms with E-state index >= 15 is 0 Å². The molecule has 0 aliphatic carbocycles. The number of rotatable bonds is 10. The van der Waals surface area contributed by atoms with Gasteiger partial charge in [-0.3, -0.25) is 9.48 Å². The monoisotopic (exact) mass is 518 g/mol. The van der Waals surface area contributed by atoms with Gasteiger partial charge in [0.2, 0.25) is 5.91 Å². The van der Waals surface area contributed by atoms with Crippen LogP contribution in [-0.2, 0) is 11.8 Å². The Morgan fingerprint density at radius 1 is 1.13 bits per heavy atom. The Bertz CT molecular complexity index is 1480. The summed E-state index contributed by atoms with van der Waals surface area (Å²) in [6, 6.07) is 8.42. The lowest BCUT2D eigenvalue weighted by molar-refractivity contribution is -0.111. The van der Waals surface area contributed by atoms with Crippen molar-refractivity contribution in [3.8, 4) is 17.0 Å². The second kappa shape index (κ2) is 11.3. The van der Waals surface area contributed by atoms with Crippen LogP contribution in [0.1, 0.15) is 0 Å². The highest BCUT2D eigenvalue weighted by Gasteiger charge is 2.17. The number of carbonyl (C=O) groups excluding carboxylic acids is 1. The number of anilines is 4. The van der Waals surface area contributed by atoms with E-state index in [2.05, 4.69) is 37.2 Å². The maximum absolute atomic E-state index is 15.0. The lowest BCUT2D eigenvalue weighted by Gasteiger charge is -2.26. The summed E-state index contributed by atoms with van der Waals surface area (Å²) in [7, 11) is 9.27. The van der Waals surface area contributed by atoms with Gasteiger partial charge in [0.15, 0.2) is 0 Å². The van der Waals surface area contributed by atoms with Crippen LogP contribution in [0, 0.1) is 5.82 Å². The number of nitrogens with one attached hydrogen (secondary N) is 2. The van der Waals surface area contributed by atoms with Gasteiger partial charge in [-0.1, -0.05) is 6.58 Å². The van der Waals surface area contributed by atoms with E-state index in [9.17, 15) is 9.18 Å². The van der Waals surface area contributed by atoms with Gasteiger partial charge in [-0.25, -0.2) is 14.4 Å². The first-order chi connectivity index (χ1) is 18.2. The van der Waals surface area contributed by atoms with Gasteiger partial charge in [0.25, 0.3) is 0 Å². The molecule has 2 aromatic heterocycles. The highest BCUT2D eigenvalue weighted by molar-refractivity contribution is 6.02. The Labute approximate surface area is 220 Å². The largest absolute Gasteiger partial charge is 0.494 e. The predicted molar refractivity (Wildman–Crippen MR) is 149 cm³/mol. The third kappa shape index (κ3) is 5.73. The van der Waals surface area contributed by atoms with Crippen molar-refractivity contribution in [3.63, 3.8) is 0 Å². The van der Waals surface area contributed by atoms with Crippen molar-refractivity contribution in [2.24, 2.45) is 7.05 Å². The van der Waals surface area contributed by atoms with Gasteiger partial charge in [-0.2, -0.15) is 5.10 Å². The number of aryl methyl sites for hydroxylation is 1. The number of likely N-dealkylation sites (N-methyl/N-ethyl adjacent to an activating group) is 2. The molecule has 0 saturated heterocycles. The van der Waals surface area contributed by atoms with Crippen molar-refractivity contribution < 1.29 is 13.9 Å². The van der Waals surface area contributed by atoms with E-state index in [4.69, 9.17) is 4.74 Å². The third-order valence-corrected chi connectivity index (χ3v) is 6.10. The second-order valence-corrected chi connectivity index (χ2v) is 9.06. The number of halogens is 1. The van der Waals surface area contributed by atoms with Gasteiger partial charge in [0.1, 0.15) is 23.7 Å². The van der Waals surface area contributed by atoms with Crippen LogP contribution in [0.3, 0.4) is 0 Å². The molecule has 0 aliphatic rings. The van der Waals surface area contributed by atoms with Gasteiger partial charge in [0, 0.05) is 56.3 Å². The highest BCUT2D eigenvalue weighted by Crippen LogP contribution is 2.38. The molecule has 0 bridgehead atoms. The van der Waals surface area contributed by atoms with Crippen LogP contribution in [0.2, 0.25) is 0 Å². The van der Waals surface area contributed by atoms with Crippen LogP contribution in [0.5, 0.6) is 5.75 Å². The summed E-state index contributed by atoms with van der Waals surface area (Å²) < 4.78 is 22.3. The Balaban J connectivity index is 1.70. The summed E-state index contributed by atoms with van der Waals surface area (Å²) in [5.74, 6) is 0.210. The maximum atomic E-state index is 15.0. The number of benzene rings is 2. The molecule has 0 aliphatic heterocycles. The summed E-state index contributed by atoms with van der Waals surface area (Å²) >= 11 is 0. The van der Waals surface area contributed by atoms with E-state index in [0.717, 1.165) is 24.2 Å². The van der Waals surface area contributed by atoms with Crippen molar-refractivity contribution in [1.82, 2.24) is 24.6 Å². The van der Waals surface area contributed by atoms with Crippen LogP contribution >= 0.6 is 0 Å². The van der Waals surface area contributed by atoms with Gasteiger partial charge in [0.05, 0.1) is 41.6 Å². The molecule has 0 saturated carbocycles. The van der Waals surface area contributed by atoms with Crippen molar-refractivity contribution in [2.75, 3.05) is 56.9 Å². The van der Waals surface area contributed by atoms with E-state index in [1.165, 1.54) is 18.5 Å². The van der Waals surface area contributed by atoms with E-state index < -0.39 is 5.82 Å². The zero-order valence-corrected chi connectivity index (χ0v) is 22.1. The fourth-order valence-corrected chi connectivity index (χ4v) is 3.99. The Morgan fingerprint density at radius 2 is 1.92 bits per heavy atom. The number of hydrogen-bond donors (Lipinski definition) is 2. The fraction of sp³-hybridized carbons (Fsp3) is 0.259. The second-order valence-electron chi connectivity index (χ2n) is 9.06. The number of carbonyl (C=O) groups is 1. The average molecular weight is 519 g/mol. The molecule has 2 N–H and O–H groups in total. The third-order valence-electron chi connectivity index (χ3n) is 6.10. The molecule has 0 fully saturated rings. The number of nitrogens with zero attached hydrogens (tertiary/aromatic N) is 6. The Hall–Kier alpha value is -4.51. The number of aromatic nitrogens is 4. The van der Waals surface area contributed by atoms with Gasteiger partial charge in [-0.05, 0) is 32.3 Å². The van der Waals surface area contributed by atoms with Crippen molar-refractivity contribution in [2.45, 2.75) is 0 Å². The standard InChI is InChI=1S/C27H31FN8O2/c1-7-27(37)33-21-12-22(25(38-6)14-24(21)35(4)9-8-34(2)3)32-26-13-20(29-16-30-26)18-10-17-15-31-36(5)23(17)11-19(18)28/h7,10-16H,1,8-9H2,2-6H3,(H,33,37)(H,29,30,32). The van der Waals surface area contributed by atoms with Crippen LogP contribution in [-0.4, -0.2) is 71.9 Å². The number of fused-ring (bicyclic) bond motifs is 1. The summed E-state index contributed by atoms with van der Waals surface area (Å²) in [5, 5.41) is 11.1. The van der Waals surface area contributed by atoms with Crippen LogP contribution in [0.15, 0.2) is 55.5 Å². The fourth-order valence-electron chi connectivity index (χ4n) is 3.99. The molecule has 2 heterocycles. The average Bonchev–Trinajstić information content (AvgIpc) is 3.26. The van der Waals surface area contributed by atoms with Gasteiger partial charge in [-0.15, -0.1) is 0 Å². The Morgan fingerprint density at radius 3 is 2.63 bits per heavy atom. The molecule has 10 nitrogen and oxygen atoms in total. The molecule has 2 aromatic carbocycles. The molecule has 0 unspecified atom stereocenters. The van der Waals surface area contributed by atoms with E-state index in [1.807, 2.05) is 32.1 Å². The number of methoxy groups -OCH3 is 1. The molecule has 38 heavy (non-hydrogen) atoms. The van der Waals surface area contributed by atoms with Crippen molar-refractivity contribution in [3.05, 3.63) is 61.3 Å². The molecular formula is C27H31FN8O2. The minimum absolute atomic E-state index is 0.333. The lowest BCUT2D eigenvalue weighted by atomic mass is 10.1. The molecule has 0 spiro atoms. The number of amides is 1. The molecule has 0 atom stereocenters. The molecule has 1 amide bonds. The van der Waals surface area contributed by atoms with Gasteiger partial charge < -0.3 is 25.2 Å². The van der Waals surface area contributed by atoms with Crippen LogP contribution in [0.25, 0.3) is 22.2 Å². The topological polar surface area (TPSA) is 100 Å². The van der Waals surface area contributed by atoms with Crippen LogP contribution in [0.4, 0.5) is 27.3 Å². The van der Waals surface area contributed by atoms with Crippen molar-refractivity contribution in [1.29, 1.82) is 0 Å². The molecule has 4 rings (SSSR count). The zero-order chi connectivity index (χ0) is 27.4. The van der Waals surface area contributed by atoms with Crippen LogP contribution < -0.4 is 20.3 Å². The quantitative estimate of drug-likeness (QED) is 0.304. The molecule has 0 radical (unpaired) electrons. The summed E-state index contributed by atoms with van der Waals surface area (Å²) in [6.07, 6.45) is 4.26. The first kappa shape index (κ1) is 26.6. The van der Waals surface area contributed by atoms with Gasteiger partial charge >= 0.3 is 0 Å². The normalized spacial score (nSPS) is 11.0. The number of hydrogen-bond acceptors (Lipinski definition) is 8. The first-order valence-corrected chi connectivity index (χ1v) is 11.9. The number of ether oxygens (including phenoxy) is 1.